The number of aromatic nitrogens is 2. The van der Waals surface area contributed by atoms with Crippen LogP contribution in [-0.4, -0.2) is 60.9 Å². The van der Waals surface area contributed by atoms with E-state index in [2.05, 4.69) is 0 Å². The predicted octanol–water partition coefficient (Wildman–Crippen LogP) is -3.15. The van der Waals surface area contributed by atoms with Crippen molar-refractivity contribution in [1.82, 2.24) is 9.55 Å². The zero-order chi connectivity index (χ0) is 15.0. The number of hydrogen-bond donors (Lipinski definition) is 5. The van der Waals surface area contributed by atoms with Crippen LogP contribution in [0.4, 0.5) is 0 Å². The minimum atomic E-state index is -1.61. The smallest absolute Gasteiger partial charge is 0.352 e. The van der Waals surface area contributed by atoms with E-state index in [1.807, 2.05) is 4.98 Å². The van der Waals surface area contributed by atoms with Gasteiger partial charge in [0.1, 0.15) is 24.0 Å². The molecule has 1 aromatic rings. The van der Waals surface area contributed by atoms with Crippen molar-refractivity contribution in [3.63, 3.8) is 0 Å². The van der Waals surface area contributed by atoms with Crippen LogP contribution in [0.1, 0.15) is 16.7 Å². The third-order valence-corrected chi connectivity index (χ3v) is 2.97. The molecule has 0 aromatic carbocycles. The van der Waals surface area contributed by atoms with Crippen LogP contribution >= 0.6 is 0 Å². The minimum absolute atomic E-state index is 0.440. The molecule has 1 saturated heterocycles. The Hall–Kier alpha value is -2.01. The third kappa shape index (κ3) is 2.25. The summed E-state index contributed by atoms with van der Waals surface area (Å²) >= 11 is 0. The summed E-state index contributed by atoms with van der Waals surface area (Å²) in [4.78, 5) is 36.1. The summed E-state index contributed by atoms with van der Waals surface area (Å²) in [6, 6.07) is 0.651. The van der Waals surface area contributed by atoms with Gasteiger partial charge in [-0.2, -0.15) is 0 Å². The van der Waals surface area contributed by atoms with Gasteiger partial charge < -0.3 is 30.1 Å². The molecule has 0 bridgehead atoms. The van der Waals surface area contributed by atoms with Crippen molar-refractivity contribution in [3.8, 4) is 0 Å². The summed E-state index contributed by atoms with van der Waals surface area (Å²) in [7, 11) is 0. The zero-order valence-corrected chi connectivity index (χ0v) is 9.96. The number of hydrogen-bond acceptors (Lipinski definition) is 7. The maximum atomic E-state index is 11.7. The molecule has 0 aliphatic carbocycles. The molecule has 0 radical (unpaired) electrons. The summed E-state index contributed by atoms with van der Waals surface area (Å²) in [6.45, 7) is -0.616. The van der Waals surface area contributed by atoms with Crippen LogP contribution in [0, 0.1) is 0 Å². The van der Waals surface area contributed by atoms with Gasteiger partial charge in [-0.1, -0.05) is 0 Å². The first kappa shape index (κ1) is 14.4. The largest absolute Gasteiger partial charge is 0.477 e. The zero-order valence-electron chi connectivity index (χ0n) is 9.96. The van der Waals surface area contributed by atoms with Crippen LogP contribution in [-0.2, 0) is 4.74 Å². The molecule has 1 aromatic heterocycles. The van der Waals surface area contributed by atoms with Gasteiger partial charge in [0.05, 0.1) is 6.61 Å². The van der Waals surface area contributed by atoms with E-state index in [9.17, 15) is 24.6 Å². The second-order valence-electron chi connectivity index (χ2n) is 4.23. The number of rotatable bonds is 3. The Kier molecular flexibility index (Phi) is 3.72. The van der Waals surface area contributed by atoms with E-state index in [1.165, 1.54) is 0 Å². The topological polar surface area (TPSA) is 162 Å². The van der Waals surface area contributed by atoms with Gasteiger partial charge in [-0.15, -0.1) is 0 Å². The number of ether oxygens (including phenoxy) is 1. The molecule has 2 rings (SSSR count). The fraction of sp³-hybridized carbons (Fsp3) is 0.500. The maximum absolute atomic E-state index is 11.7. The molecular weight excluding hydrogens is 276 g/mol. The molecule has 1 fully saturated rings. The van der Waals surface area contributed by atoms with Gasteiger partial charge in [0, 0.05) is 6.07 Å². The van der Waals surface area contributed by atoms with Crippen molar-refractivity contribution < 1.29 is 30.0 Å². The Bertz CT molecular complexity index is 604. The lowest BCUT2D eigenvalue weighted by Crippen LogP contribution is -2.43. The lowest BCUT2D eigenvalue weighted by atomic mass is 10.1. The number of aliphatic hydroxyl groups excluding tert-OH is 3. The summed E-state index contributed by atoms with van der Waals surface area (Å²) in [6.07, 6.45) is -5.75. The standard InChI is InChI=1S/C10H12N2O8/c13-2-4-6(15)7(16)8(20-4)12-5(14)1-3(9(17)18)11-10(12)19/h1,4,6-8,13,15-16H,2H2,(H,11,19)(H,17,18)/t4-,6-,7-,8-/m1/s1. The molecule has 1 aliphatic heterocycles. The first-order valence-electron chi connectivity index (χ1n) is 5.58. The van der Waals surface area contributed by atoms with Crippen molar-refractivity contribution in [3.05, 3.63) is 32.6 Å². The van der Waals surface area contributed by atoms with Crippen LogP contribution in [0.25, 0.3) is 0 Å². The summed E-state index contributed by atoms with van der Waals surface area (Å²) in [5.41, 5.74) is -2.73. The fourth-order valence-electron chi connectivity index (χ4n) is 1.95. The lowest BCUT2D eigenvalue weighted by Gasteiger charge is -2.16. The van der Waals surface area contributed by atoms with Crippen LogP contribution in [0.5, 0.6) is 0 Å². The fourth-order valence-corrected chi connectivity index (χ4v) is 1.95. The van der Waals surface area contributed by atoms with Gasteiger partial charge in [0.15, 0.2) is 6.23 Å². The Balaban J connectivity index is 2.47. The Morgan fingerprint density at radius 1 is 1.35 bits per heavy atom. The molecule has 2 heterocycles. The van der Waals surface area contributed by atoms with Crippen LogP contribution in [0.15, 0.2) is 15.7 Å². The van der Waals surface area contributed by atoms with E-state index < -0.39 is 54.1 Å². The molecule has 4 atom stereocenters. The number of carbonyl (C=O) groups is 1. The van der Waals surface area contributed by atoms with Gasteiger partial charge >= 0.3 is 11.7 Å². The second-order valence-corrected chi connectivity index (χ2v) is 4.23. The van der Waals surface area contributed by atoms with Crippen molar-refractivity contribution in [2.75, 3.05) is 6.61 Å². The molecule has 5 N–H and O–H groups in total. The second kappa shape index (κ2) is 5.17. The number of nitrogens with one attached hydrogen (secondary N) is 1. The van der Waals surface area contributed by atoms with Gasteiger partial charge in [-0.3, -0.25) is 4.79 Å². The Labute approximate surface area is 110 Å². The first-order valence-corrected chi connectivity index (χ1v) is 5.58. The van der Waals surface area contributed by atoms with Gasteiger partial charge in [0.2, 0.25) is 0 Å². The van der Waals surface area contributed by atoms with Crippen LogP contribution in [0.3, 0.4) is 0 Å². The normalized spacial score (nSPS) is 29.6. The van der Waals surface area contributed by atoms with Crippen LogP contribution < -0.4 is 11.2 Å². The predicted molar refractivity (Wildman–Crippen MR) is 61.3 cm³/mol. The number of aromatic carboxylic acids is 1. The van der Waals surface area contributed by atoms with Crippen molar-refractivity contribution >= 4 is 5.97 Å². The summed E-state index contributed by atoms with van der Waals surface area (Å²) in [5.74, 6) is -1.49. The quantitative estimate of drug-likeness (QED) is 0.389. The van der Waals surface area contributed by atoms with Crippen molar-refractivity contribution in [1.29, 1.82) is 0 Å². The molecule has 0 unspecified atom stereocenters. The number of aliphatic hydroxyl groups is 3. The highest BCUT2D eigenvalue weighted by Crippen LogP contribution is 2.27. The molecule has 10 heteroatoms. The van der Waals surface area contributed by atoms with Gasteiger partial charge in [-0.25, -0.2) is 14.2 Å². The highest BCUT2D eigenvalue weighted by atomic mass is 16.6. The van der Waals surface area contributed by atoms with E-state index in [0.717, 1.165) is 0 Å². The SMILES string of the molecule is O=C(O)c1cc(=O)n([C@@H]2O[C@H](CO)[C@@H](O)[C@H]2O)c(=O)[nH]1. The lowest BCUT2D eigenvalue weighted by molar-refractivity contribution is -0.0565. The molecule has 0 spiro atoms. The number of H-pyrrole nitrogens is 1. The average Bonchev–Trinajstić information content (AvgIpc) is 2.66. The Morgan fingerprint density at radius 3 is 2.45 bits per heavy atom. The van der Waals surface area contributed by atoms with Gasteiger partial charge in [-0.05, 0) is 0 Å². The van der Waals surface area contributed by atoms with E-state index >= 15 is 0 Å². The van der Waals surface area contributed by atoms with Gasteiger partial charge in [0.25, 0.3) is 5.56 Å². The molecule has 20 heavy (non-hydrogen) atoms. The van der Waals surface area contributed by atoms with Crippen LogP contribution in [0.2, 0.25) is 0 Å². The monoisotopic (exact) mass is 288 g/mol. The van der Waals surface area contributed by atoms with E-state index in [-0.39, 0.29) is 0 Å². The van der Waals surface area contributed by atoms with E-state index in [1.54, 1.807) is 0 Å². The Morgan fingerprint density at radius 2 is 2.00 bits per heavy atom. The molecular formula is C10H12N2O8. The molecule has 110 valence electrons. The first-order chi connectivity index (χ1) is 9.36. The van der Waals surface area contributed by atoms with Crippen molar-refractivity contribution in [2.24, 2.45) is 0 Å². The molecule has 0 amide bonds. The maximum Gasteiger partial charge on any atom is 0.352 e. The third-order valence-electron chi connectivity index (χ3n) is 2.97. The summed E-state index contributed by atoms with van der Waals surface area (Å²) < 4.78 is 5.47. The highest BCUT2D eigenvalue weighted by Gasteiger charge is 2.44. The number of aromatic amines is 1. The molecule has 10 nitrogen and oxygen atoms in total. The molecule has 1 aliphatic rings. The summed E-state index contributed by atoms with van der Waals surface area (Å²) in [5, 5.41) is 36.9. The number of carboxylic acids is 1. The molecule has 0 saturated carbocycles. The van der Waals surface area contributed by atoms with E-state index in [4.69, 9.17) is 14.9 Å². The average molecular weight is 288 g/mol. The number of nitrogens with zero attached hydrogens (tertiary/aromatic N) is 1. The van der Waals surface area contributed by atoms with E-state index in [0.29, 0.717) is 10.6 Å². The van der Waals surface area contributed by atoms with Crippen molar-refractivity contribution in [2.45, 2.75) is 24.5 Å². The minimum Gasteiger partial charge on any atom is -0.477 e. The number of carboxylic acid groups (broad SMARTS) is 1. The highest BCUT2D eigenvalue weighted by molar-refractivity contribution is 5.84.